The van der Waals surface area contributed by atoms with Gasteiger partial charge in [-0.3, -0.25) is 0 Å². The van der Waals surface area contributed by atoms with Crippen LogP contribution in [0.15, 0.2) is 6.07 Å². The molecule has 1 fully saturated rings. The molecular formula is C14H24N2S. The summed E-state index contributed by atoms with van der Waals surface area (Å²) in [5.41, 5.74) is 7.29. The van der Waals surface area contributed by atoms with Crippen LogP contribution in [0.5, 0.6) is 0 Å². The molecule has 3 N–H and O–H groups in total. The molecule has 0 radical (unpaired) electrons. The van der Waals surface area contributed by atoms with Crippen molar-refractivity contribution in [2.45, 2.75) is 45.6 Å². The predicted octanol–water partition coefficient (Wildman–Crippen LogP) is 3.14. The molecule has 0 aromatic carbocycles. The van der Waals surface area contributed by atoms with Crippen LogP contribution in [0.2, 0.25) is 0 Å². The number of hydrogen-bond donors (Lipinski definition) is 2. The molecule has 0 saturated heterocycles. The average molecular weight is 252 g/mol. The number of hydrogen-bond acceptors (Lipinski definition) is 3. The van der Waals surface area contributed by atoms with Gasteiger partial charge in [0.1, 0.15) is 0 Å². The van der Waals surface area contributed by atoms with Gasteiger partial charge < -0.3 is 11.1 Å². The Hall–Kier alpha value is -0.380. The van der Waals surface area contributed by atoms with Gasteiger partial charge in [0.15, 0.2) is 0 Å². The Kier molecular flexibility index (Phi) is 4.60. The summed E-state index contributed by atoms with van der Waals surface area (Å²) in [6, 6.07) is 2.63. The quantitative estimate of drug-likeness (QED) is 0.816. The van der Waals surface area contributed by atoms with Crippen molar-refractivity contribution in [1.82, 2.24) is 5.32 Å². The van der Waals surface area contributed by atoms with Crippen LogP contribution in [-0.4, -0.2) is 13.1 Å². The molecule has 0 aliphatic heterocycles. The van der Waals surface area contributed by atoms with E-state index in [0.29, 0.717) is 12.6 Å². The first-order chi connectivity index (χ1) is 8.20. The van der Waals surface area contributed by atoms with Crippen molar-refractivity contribution in [3.05, 3.63) is 21.4 Å². The monoisotopic (exact) mass is 252 g/mol. The molecule has 2 rings (SSSR count). The van der Waals surface area contributed by atoms with E-state index in [0.717, 1.165) is 12.5 Å². The molecule has 1 aliphatic rings. The highest BCUT2D eigenvalue weighted by molar-refractivity contribution is 7.12. The summed E-state index contributed by atoms with van der Waals surface area (Å²) in [4.78, 5) is 2.80. The average Bonchev–Trinajstić information content (AvgIpc) is 2.55. The fourth-order valence-electron chi connectivity index (χ4n) is 2.56. The Bertz CT molecular complexity index is 355. The van der Waals surface area contributed by atoms with Gasteiger partial charge in [-0.1, -0.05) is 19.3 Å². The largest absolute Gasteiger partial charge is 0.329 e. The lowest BCUT2D eigenvalue weighted by molar-refractivity contribution is 0.288. The first-order valence-electron chi connectivity index (χ1n) is 6.71. The van der Waals surface area contributed by atoms with Gasteiger partial charge in [-0.15, -0.1) is 11.3 Å². The fraction of sp³-hybridized carbons (Fsp3) is 0.714. The van der Waals surface area contributed by atoms with Crippen LogP contribution < -0.4 is 11.1 Å². The summed E-state index contributed by atoms with van der Waals surface area (Å²) in [5.74, 6) is 0.978. The molecule has 17 heavy (non-hydrogen) atoms. The van der Waals surface area contributed by atoms with Crippen molar-refractivity contribution in [2.24, 2.45) is 11.7 Å². The van der Waals surface area contributed by atoms with E-state index < -0.39 is 0 Å². The minimum atomic E-state index is 0.347. The standard InChI is InChI=1S/C14H24N2S/c1-10-8-13(11(2)17-10)14(9-15)16-7-6-12-4-3-5-12/h8,12,14,16H,3-7,9,15H2,1-2H3. The van der Waals surface area contributed by atoms with E-state index in [4.69, 9.17) is 5.73 Å². The number of thiophene rings is 1. The maximum Gasteiger partial charge on any atom is 0.0455 e. The van der Waals surface area contributed by atoms with Crippen molar-refractivity contribution < 1.29 is 0 Å². The highest BCUT2D eigenvalue weighted by atomic mass is 32.1. The molecule has 3 heteroatoms. The molecule has 0 bridgehead atoms. The van der Waals surface area contributed by atoms with Gasteiger partial charge in [-0.2, -0.15) is 0 Å². The fourth-order valence-corrected chi connectivity index (χ4v) is 3.55. The lowest BCUT2D eigenvalue weighted by Crippen LogP contribution is -2.30. The third-order valence-electron chi connectivity index (χ3n) is 3.86. The molecular weight excluding hydrogens is 228 g/mol. The Labute approximate surface area is 109 Å². The second-order valence-corrected chi connectivity index (χ2v) is 6.66. The lowest BCUT2D eigenvalue weighted by atomic mass is 9.83. The maximum atomic E-state index is 5.89. The van der Waals surface area contributed by atoms with E-state index in [1.807, 2.05) is 11.3 Å². The number of rotatable bonds is 6. The molecule has 1 aromatic rings. The van der Waals surface area contributed by atoms with Crippen LogP contribution in [0.25, 0.3) is 0 Å². The third kappa shape index (κ3) is 3.30. The first-order valence-corrected chi connectivity index (χ1v) is 7.52. The van der Waals surface area contributed by atoms with Crippen molar-refractivity contribution in [3.8, 4) is 0 Å². The highest BCUT2D eigenvalue weighted by Gasteiger charge is 2.18. The van der Waals surface area contributed by atoms with Crippen molar-refractivity contribution >= 4 is 11.3 Å². The van der Waals surface area contributed by atoms with Crippen LogP contribution in [0.1, 0.15) is 47.0 Å². The van der Waals surface area contributed by atoms with E-state index >= 15 is 0 Å². The number of nitrogens with two attached hydrogens (primary N) is 1. The molecule has 2 nitrogen and oxygen atoms in total. The summed E-state index contributed by atoms with van der Waals surface area (Å²) in [5, 5.41) is 3.62. The van der Waals surface area contributed by atoms with Gasteiger partial charge in [0.2, 0.25) is 0 Å². The molecule has 0 spiro atoms. The van der Waals surface area contributed by atoms with Crippen LogP contribution in [0, 0.1) is 19.8 Å². The van der Waals surface area contributed by atoms with Gasteiger partial charge in [0, 0.05) is 22.3 Å². The first kappa shape index (κ1) is 13.1. The second kappa shape index (κ2) is 5.98. The van der Waals surface area contributed by atoms with E-state index in [1.165, 1.54) is 41.0 Å². The van der Waals surface area contributed by atoms with Gasteiger partial charge in [-0.05, 0) is 44.4 Å². The minimum absolute atomic E-state index is 0.347. The van der Waals surface area contributed by atoms with Crippen molar-refractivity contribution in [1.29, 1.82) is 0 Å². The summed E-state index contributed by atoms with van der Waals surface area (Å²) in [7, 11) is 0. The van der Waals surface area contributed by atoms with Crippen LogP contribution in [-0.2, 0) is 0 Å². The van der Waals surface area contributed by atoms with Crippen LogP contribution in [0.3, 0.4) is 0 Å². The van der Waals surface area contributed by atoms with E-state index in [1.54, 1.807) is 0 Å². The van der Waals surface area contributed by atoms with E-state index in [-0.39, 0.29) is 0 Å². The smallest absolute Gasteiger partial charge is 0.0455 e. The zero-order chi connectivity index (χ0) is 12.3. The zero-order valence-electron chi connectivity index (χ0n) is 11.0. The van der Waals surface area contributed by atoms with Crippen molar-refractivity contribution in [2.75, 3.05) is 13.1 Å². The highest BCUT2D eigenvalue weighted by Crippen LogP contribution is 2.29. The molecule has 96 valence electrons. The molecule has 1 aliphatic carbocycles. The Balaban J connectivity index is 1.84. The third-order valence-corrected chi connectivity index (χ3v) is 4.84. The zero-order valence-corrected chi connectivity index (χ0v) is 11.8. The molecule has 1 heterocycles. The topological polar surface area (TPSA) is 38.0 Å². The Morgan fingerprint density at radius 3 is 2.71 bits per heavy atom. The number of aryl methyl sites for hydroxylation is 2. The van der Waals surface area contributed by atoms with E-state index in [2.05, 4.69) is 25.2 Å². The van der Waals surface area contributed by atoms with Gasteiger partial charge in [-0.25, -0.2) is 0 Å². The second-order valence-electron chi connectivity index (χ2n) is 5.20. The summed E-state index contributed by atoms with van der Waals surface area (Å²) >= 11 is 1.87. The SMILES string of the molecule is Cc1cc(C(CN)NCCC2CCC2)c(C)s1. The minimum Gasteiger partial charge on any atom is -0.329 e. The molecule has 1 atom stereocenters. The normalized spacial score (nSPS) is 18.1. The predicted molar refractivity (Wildman–Crippen MR) is 75.5 cm³/mol. The van der Waals surface area contributed by atoms with Gasteiger partial charge in [0.25, 0.3) is 0 Å². The van der Waals surface area contributed by atoms with Crippen LogP contribution >= 0.6 is 11.3 Å². The van der Waals surface area contributed by atoms with Crippen molar-refractivity contribution in [3.63, 3.8) is 0 Å². The molecule has 1 saturated carbocycles. The number of nitrogens with one attached hydrogen (secondary N) is 1. The Morgan fingerprint density at radius 2 is 2.24 bits per heavy atom. The summed E-state index contributed by atoms with van der Waals surface area (Å²) < 4.78 is 0. The lowest BCUT2D eigenvalue weighted by Gasteiger charge is -2.26. The summed E-state index contributed by atoms with van der Waals surface area (Å²) in [6.45, 7) is 6.18. The van der Waals surface area contributed by atoms with Crippen LogP contribution in [0.4, 0.5) is 0 Å². The molecule has 0 amide bonds. The molecule has 1 aromatic heterocycles. The maximum absolute atomic E-state index is 5.89. The van der Waals surface area contributed by atoms with Gasteiger partial charge in [0.05, 0.1) is 0 Å². The van der Waals surface area contributed by atoms with E-state index in [9.17, 15) is 0 Å². The Morgan fingerprint density at radius 1 is 1.47 bits per heavy atom. The summed E-state index contributed by atoms with van der Waals surface area (Å²) in [6.07, 6.45) is 5.63. The molecule has 1 unspecified atom stereocenters. The van der Waals surface area contributed by atoms with Gasteiger partial charge >= 0.3 is 0 Å².